The third-order valence-corrected chi connectivity index (χ3v) is 8.20. The Hall–Kier alpha value is -5.68. The number of benzene rings is 5. The summed E-state index contributed by atoms with van der Waals surface area (Å²) in [5, 5.41) is 6.19. The third kappa shape index (κ3) is 3.06. The number of pyridine rings is 1. The van der Waals surface area contributed by atoms with Crippen LogP contribution in [0.1, 0.15) is 0 Å². The summed E-state index contributed by atoms with van der Waals surface area (Å²) in [4.78, 5) is 17.0. The van der Waals surface area contributed by atoms with E-state index in [2.05, 4.69) is 105 Å². The van der Waals surface area contributed by atoms with E-state index in [1.807, 2.05) is 30.3 Å². The zero-order valence-electron chi connectivity index (χ0n) is 21.8. The second-order valence-corrected chi connectivity index (χ2v) is 10.4. The molecule has 9 aromatic rings. The topological polar surface area (TPSA) is 53.0 Å². The lowest BCUT2D eigenvalue weighted by Crippen LogP contribution is -2.02. The molecule has 0 N–H and O–H groups in total. The molecule has 0 amide bonds. The van der Waals surface area contributed by atoms with Crippen LogP contribution in [0.3, 0.4) is 0 Å². The summed E-state index contributed by atoms with van der Waals surface area (Å²) in [5.74, 6) is 0. The molecule has 0 fully saturated rings. The van der Waals surface area contributed by atoms with Gasteiger partial charge in [0.15, 0.2) is 5.52 Å². The molecule has 4 heterocycles. The lowest BCUT2D eigenvalue weighted by molar-refractivity contribution is 0.568. The summed E-state index contributed by atoms with van der Waals surface area (Å²) in [6.45, 7) is 0. The van der Waals surface area contributed by atoms with Gasteiger partial charge in [0.2, 0.25) is 0 Å². The summed E-state index contributed by atoms with van der Waals surface area (Å²) in [6.07, 6.45) is 1.63. The van der Waals surface area contributed by atoms with Crippen LogP contribution in [0.5, 0.6) is 0 Å². The van der Waals surface area contributed by atoms with Crippen LogP contribution < -0.4 is 5.63 Å². The summed E-state index contributed by atoms with van der Waals surface area (Å²) in [5.41, 5.74) is 7.16. The molecule has 5 heteroatoms. The van der Waals surface area contributed by atoms with Crippen molar-refractivity contribution in [2.24, 2.45) is 0 Å². The van der Waals surface area contributed by atoms with E-state index in [4.69, 9.17) is 4.42 Å². The quantitative estimate of drug-likeness (QED) is 0.167. The Bertz CT molecular complexity index is 2550. The van der Waals surface area contributed by atoms with Gasteiger partial charge >= 0.3 is 5.63 Å². The second-order valence-electron chi connectivity index (χ2n) is 10.4. The molecule has 0 aliphatic carbocycles. The number of hydrogen-bond donors (Lipinski definition) is 0. The molecule has 0 atom stereocenters. The monoisotopic (exact) mass is 527 g/mol. The van der Waals surface area contributed by atoms with Crippen molar-refractivity contribution in [2.45, 2.75) is 0 Å². The minimum Gasteiger partial charge on any atom is -0.421 e. The molecule has 0 aliphatic rings. The zero-order chi connectivity index (χ0) is 27.1. The van der Waals surface area contributed by atoms with Gasteiger partial charge in [-0.3, -0.25) is 0 Å². The average Bonchev–Trinajstić information content (AvgIpc) is 3.53. The van der Waals surface area contributed by atoms with E-state index in [0.717, 1.165) is 49.5 Å². The highest BCUT2D eigenvalue weighted by Crippen LogP contribution is 2.38. The van der Waals surface area contributed by atoms with E-state index in [-0.39, 0.29) is 0 Å². The van der Waals surface area contributed by atoms with Gasteiger partial charge in [0, 0.05) is 49.9 Å². The zero-order valence-corrected chi connectivity index (χ0v) is 21.8. The van der Waals surface area contributed by atoms with Crippen molar-refractivity contribution < 1.29 is 4.42 Å². The molecule has 5 aromatic carbocycles. The van der Waals surface area contributed by atoms with Gasteiger partial charge in [0.05, 0.1) is 22.1 Å². The van der Waals surface area contributed by atoms with Crippen molar-refractivity contribution in [1.82, 2.24) is 14.1 Å². The highest BCUT2D eigenvalue weighted by molar-refractivity contribution is 6.17. The van der Waals surface area contributed by atoms with Gasteiger partial charge in [0.1, 0.15) is 5.58 Å². The maximum absolute atomic E-state index is 12.7. The van der Waals surface area contributed by atoms with E-state index < -0.39 is 5.63 Å². The highest BCUT2D eigenvalue weighted by atomic mass is 16.4. The average molecular weight is 528 g/mol. The van der Waals surface area contributed by atoms with E-state index in [9.17, 15) is 4.79 Å². The summed E-state index contributed by atoms with van der Waals surface area (Å²) < 4.78 is 10.4. The molecule has 41 heavy (non-hydrogen) atoms. The Morgan fingerprint density at radius 1 is 0.488 bits per heavy atom. The van der Waals surface area contributed by atoms with Crippen LogP contribution in [0, 0.1) is 0 Å². The maximum Gasteiger partial charge on any atom is 0.362 e. The number of para-hydroxylation sites is 3. The first-order chi connectivity index (χ1) is 20.3. The van der Waals surface area contributed by atoms with Gasteiger partial charge < -0.3 is 13.6 Å². The Labute approximate surface area is 233 Å². The molecule has 192 valence electrons. The van der Waals surface area contributed by atoms with Crippen LogP contribution in [-0.4, -0.2) is 14.1 Å². The molecule has 0 spiro atoms. The van der Waals surface area contributed by atoms with Crippen LogP contribution in [0.2, 0.25) is 0 Å². The summed E-state index contributed by atoms with van der Waals surface area (Å²) in [6, 6.07) is 42.1. The van der Waals surface area contributed by atoms with Crippen LogP contribution in [0.15, 0.2) is 137 Å². The molecular weight excluding hydrogens is 506 g/mol. The van der Waals surface area contributed by atoms with Crippen molar-refractivity contribution >= 4 is 65.5 Å². The predicted octanol–water partition coefficient (Wildman–Crippen LogP) is 8.54. The van der Waals surface area contributed by atoms with Crippen LogP contribution in [0.4, 0.5) is 0 Å². The standard InChI is InChI=1S/C36H21N3O2/c40-36-35-26(13-8-18-37-35)29-20-33-28(21-34(29)41-36)25-12-5-7-15-31(25)39(33)23-16-17-32-27(19-23)24-11-4-6-14-30(24)38(32)22-9-2-1-3-10-22/h1-21H. The fourth-order valence-electron chi connectivity index (χ4n) is 6.46. The predicted molar refractivity (Wildman–Crippen MR) is 166 cm³/mol. The Morgan fingerprint density at radius 2 is 1.12 bits per heavy atom. The van der Waals surface area contributed by atoms with Crippen molar-refractivity contribution in [1.29, 1.82) is 0 Å². The van der Waals surface area contributed by atoms with E-state index in [1.165, 1.54) is 16.3 Å². The van der Waals surface area contributed by atoms with Crippen molar-refractivity contribution in [2.75, 3.05) is 0 Å². The fourth-order valence-corrected chi connectivity index (χ4v) is 6.46. The van der Waals surface area contributed by atoms with Gasteiger partial charge in [-0.25, -0.2) is 9.78 Å². The Morgan fingerprint density at radius 3 is 1.90 bits per heavy atom. The Kier molecular flexibility index (Phi) is 4.41. The number of rotatable bonds is 2. The first-order valence-corrected chi connectivity index (χ1v) is 13.6. The number of nitrogens with zero attached hydrogens (tertiary/aromatic N) is 3. The molecule has 4 aromatic heterocycles. The lowest BCUT2D eigenvalue weighted by Gasteiger charge is -2.11. The molecule has 9 rings (SSSR count). The van der Waals surface area contributed by atoms with E-state index >= 15 is 0 Å². The molecule has 0 aliphatic heterocycles. The molecule has 0 bridgehead atoms. The van der Waals surface area contributed by atoms with E-state index in [1.54, 1.807) is 6.20 Å². The number of aromatic nitrogens is 3. The van der Waals surface area contributed by atoms with Gasteiger partial charge in [-0.1, -0.05) is 60.7 Å². The first-order valence-electron chi connectivity index (χ1n) is 13.6. The summed E-state index contributed by atoms with van der Waals surface area (Å²) >= 11 is 0. The summed E-state index contributed by atoms with van der Waals surface area (Å²) in [7, 11) is 0. The minimum atomic E-state index is -0.420. The second kappa shape index (κ2) is 8.16. The van der Waals surface area contributed by atoms with Crippen molar-refractivity contribution in [3.8, 4) is 11.4 Å². The largest absolute Gasteiger partial charge is 0.421 e. The van der Waals surface area contributed by atoms with Crippen LogP contribution in [0.25, 0.3) is 76.9 Å². The maximum atomic E-state index is 12.7. The van der Waals surface area contributed by atoms with Gasteiger partial charge in [0.25, 0.3) is 0 Å². The molecule has 0 saturated heterocycles. The van der Waals surface area contributed by atoms with Gasteiger partial charge in [-0.2, -0.15) is 0 Å². The number of hydrogen-bond acceptors (Lipinski definition) is 3. The fraction of sp³-hybridized carbons (Fsp3) is 0. The molecule has 0 saturated carbocycles. The molecule has 0 radical (unpaired) electrons. The van der Waals surface area contributed by atoms with Crippen molar-refractivity contribution in [3.63, 3.8) is 0 Å². The highest BCUT2D eigenvalue weighted by Gasteiger charge is 2.18. The van der Waals surface area contributed by atoms with E-state index in [0.29, 0.717) is 11.1 Å². The Balaban J connectivity index is 1.40. The minimum absolute atomic E-state index is 0.345. The molecular formula is C36H21N3O2. The van der Waals surface area contributed by atoms with Crippen LogP contribution in [-0.2, 0) is 0 Å². The first kappa shape index (κ1) is 22.2. The smallest absolute Gasteiger partial charge is 0.362 e. The number of fused-ring (bicyclic) bond motifs is 9. The SMILES string of the molecule is O=c1oc2cc3c4ccccc4n(-c4ccc5c(c4)c4ccccc4n5-c4ccccc4)c3cc2c2cccnc12. The van der Waals surface area contributed by atoms with Crippen molar-refractivity contribution in [3.05, 3.63) is 138 Å². The van der Waals surface area contributed by atoms with Gasteiger partial charge in [-0.15, -0.1) is 0 Å². The molecule has 5 nitrogen and oxygen atoms in total. The normalized spacial score (nSPS) is 12.0. The van der Waals surface area contributed by atoms with Crippen LogP contribution >= 0.6 is 0 Å². The third-order valence-electron chi connectivity index (χ3n) is 8.20. The van der Waals surface area contributed by atoms with Gasteiger partial charge in [-0.05, 0) is 60.7 Å². The lowest BCUT2D eigenvalue weighted by atomic mass is 10.1. The molecule has 0 unspecified atom stereocenters.